The van der Waals surface area contributed by atoms with Crippen molar-refractivity contribution in [2.75, 3.05) is 0 Å². The van der Waals surface area contributed by atoms with Crippen LogP contribution in [0.25, 0.3) is 0 Å². The van der Waals surface area contributed by atoms with E-state index >= 15 is 0 Å². The van der Waals surface area contributed by atoms with E-state index in [1.807, 2.05) is 0 Å². The highest BCUT2D eigenvalue weighted by molar-refractivity contribution is 1.94. The summed E-state index contributed by atoms with van der Waals surface area (Å²) in [6.07, 6.45) is 0. The van der Waals surface area contributed by atoms with Gasteiger partial charge in [-0.05, 0) is 3.44 Å². The third kappa shape index (κ3) is 18.2. The molecule has 4 heteroatoms. The maximum atomic E-state index is 8.68. The molecule has 0 fully saturated rings. The monoisotopic (exact) mass is 178 g/mol. The summed E-state index contributed by atoms with van der Waals surface area (Å²) in [5.41, 5.74) is 0. The summed E-state index contributed by atoms with van der Waals surface area (Å²) in [5, 5.41) is 0. The van der Waals surface area contributed by atoms with Crippen LogP contribution in [0.3, 0.4) is 0 Å². The molecule has 4 heavy (non-hydrogen) atoms. The van der Waals surface area contributed by atoms with Crippen molar-refractivity contribution in [3.05, 3.63) is 0 Å². The molecule has 0 spiro atoms. The van der Waals surface area contributed by atoms with Gasteiger partial charge in [0.15, 0.2) is 0 Å². The van der Waals surface area contributed by atoms with Crippen molar-refractivity contribution in [1.29, 1.82) is 0 Å². The summed E-state index contributed by atoms with van der Waals surface area (Å²) < 4.78 is 24.5. The summed E-state index contributed by atoms with van der Waals surface area (Å²) in [4.78, 5) is 0. The molecule has 0 atom stereocenters. The van der Waals surface area contributed by atoms with Gasteiger partial charge in [-0.3, -0.25) is 0 Å². The molecule has 0 saturated heterocycles. The lowest BCUT2D eigenvalue weighted by Gasteiger charge is -1.67. The van der Waals surface area contributed by atoms with Gasteiger partial charge in [0.2, 0.25) is 0 Å². The molecule has 0 aliphatic carbocycles. The average molecular weight is 178 g/mol. The number of halogens is 1. The van der Waals surface area contributed by atoms with Crippen molar-refractivity contribution in [2.45, 2.75) is 0 Å². The fourth-order valence-electron chi connectivity index (χ4n) is 0. The second-order valence-corrected chi connectivity index (χ2v) is 1.35. The molecule has 0 amide bonds. The minimum absolute atomic E-state index is 3.76. The largest absolute Gasteiger partial charge is 0.503 e. The Bertz CT molecular complexity index is 8.00. The number of hydrogen-bond acceptors (Lipinski definition) is 3. The van der Waals surface area contributed by atoms with Crippen LogP contribution in [0.2, 0.25) is 0 Å². The Kier molecular flexibility index (Phi) is 2.17. The fourth-order valence-corrected chi connectivity index (χ4v) is 0. The van der Waals surface area contributed by atoms with Gasteiger partial charge in [-0.2, -0.15) is 0 Å². The predicted octanol–water partition coefficient (Wildman–Crippen LogP) is -5.93. The normalized spacial score (nSPS) is 9.00. The van der Waals surface area contributed by atoms with E-state index in [0.29, 0.717) is 0 Å². The zero-order valence-corrected chi connectivity index (χ0v) is 3.80. The molecule has 0 saturated carbocycles. The molecule has 0 aromatic carbocycles. The highest BCUT2D eigenvalue weighted by atomic mass is 129. The molecule has 1 N–H and O–H groups in total. The van der Waals surface area contributed by atoms with E-state index in [-0.39, 0.29) is 0 Å². The molecule has 26 valence electrons. The van der Waals surface area contributed by atoms with Gasteiger partial charge in [-0.25, -0.2) is 0 Å². The molecule has 0 aromatic heterocycles. The number of rotatable bonds is 0. The molecular formula is HIO3. The molecule has 0 bridgehead atoms. The van der Waals surface area contributed by atoms with Crippen LogP contribution in [0.4, 0.5) is 0 Å². The van der Waals surface area contributed by atoms with Crippen LogP contribution < -0.4 is 27.9 Å². The Morgan fingerprint density at radius 2 is 1.50 bits per heavy atom. The topological polar surface area (TPSA) is 66.3 Å². The summed E-state index contributed by atoms with van der Waals surface area (Å²) in [5.74, 6) is 0. The lowest BCUT2D eigenvalue weighted by molar-refractivity contribution is -1.63. The second kappa shape index (κ2) is 1.89. The summed E-state index contributed by atoms with van der Waals surface area (Å²) >= 11 is -3.76. The van der Waals surface area contributed by atoms with E-state index in [4.69, 9.17) is 10.3 Å². The lowest BCUT2D eigenvalue weighted by atomic mass is 16.0. The Morgan fingerprint density at radius 3 is 1.50 bits per heavy atom. The third-order valence-electron chi connectivity index (χ3n) is 0. The molecule has 3 nitrogen and oxygen atoms in total. The van der Waals surface area contributed by atoms with Gasteiger partial charge in [0.1, 0.15) is 0 Å². The van der Waals surface area contributed by atoms with Crippen molar-refractivity contribution in [1.82, 2.24) is 0 Å². The quantitative estimate of drug-likeness (QED) is 0.375. The maximum absolute atomic E-state index is 8.68. The van der Waals surface area contributed by atoms with Crippen molar-refractivity contribution >= 4 is 0 Å². The van der Waals surface area contributed by atoms with Crippen LogP contribution in [-0.2, 0) is 0 Å². The van der Waals surface area contributed by atoms with E-state index < -0.39 is 21.1 Å². The Labute approximate surface area is 31.9 Å². The highest BCUT2D eigenvalue weighted by Gasteiger charge is 1.89. The van der Waals surface area contributed by atoms with E-state index in [1.54, 1.807) is 0 Å². The first-order valence-corrected chi connectivity index (χ1v) is 3.20. The van der Waals surface area contributed by atoms with Crippen LogP contribution in [0.15, 0.2) is 0 Å². The van der Waals surface area contributed by atoms with E-state index in [1.165, 1.54) is 0 Å². The van der Waals surface area contributed by atoms with Crippen LogP contribution in [0.1, 0.15) is 0 Å². The molecule has 0 aliphatic heterocycles. The SMILES string of the molecule is [O-][129I+2]([O-])O. The Morgan fingerprint density at radius 1 is 1.50 bits per heavy atom. The van der Waals surface area contributed by atoms with Crippen molar-refractivity contribution in [3.63, 3.8) is 0 Å². The van der Waals surface area contributed by atoms with Gasteiger partial charge in [-0.1, -0.05) is 0 Å². The molecule has 0 aromatic rings. The van der Waals surface area contributed by atoms with Crippen LogP contribution in [-0.4, -0.2) is 3.44 Å². The van der Waals surface area contributed by atoms with Crippen molar-refractivity contribution < 1.29 is 31.4 Å². The number of hydrogen-bond donors (Lipinski definition) is 1. The molecule has 0 heterocycles. The van der Waals surface area contributed by atoms with Crippen molar-refractivity contribution in [3.8, 4) is 0 Å². The highest BCUT2D eigenvalue weighted by Crippen LogP contribution is 0.251. The second-order valence-electron chi connectivity index (χ2n) is 0.201. The van der Waals surface area contributed by atoms with E-state index in [2.05, 4.69) is 0 Å². The van der Waals surface area contributed by atoms with Crippen LogP contribution in [0, 0.1) is 0 Å². The van der Waals surface area contributed by atoms with Gasteiger partial charge in [-0.15, -0.1) is 0 Å². The summed E-state index contributed by atoms with van der Waals surface area (Å²) in [7, 11) is 0. The van der Waals surface area contributed by atoms with E-state index in [9.17, 15) is 0 Å². The van der Waals surface area contributed by atoms with Gasteiger partial charge < -0.3 is 6.87 Å². The first-order valence-electron chi connectivity index (χ1n) is 0.478. The fraction of sp³-hybridized carbons (Fsp3) is 0. The summed E-state index contributed by atoms with van der Waals surface area (Å²) in [6, 6.07) is 0. The zero-order chi connectivity index (χ0) is 3.58. The van der Waals surface area contributed by atoms with Crippen LogP contribution >= 0.6 is 0 Å². The minimum atomic E-state index is -3.76. The third-order valence-corrected chi connectivity index (χ3v) is 0. The summed E-state index contributed by atoms with van der Waals surface area (Å²) in [6.45, 7) is 0. The molecule has 0 unspecified atom stereocenters. The molecular weight excluding hydrogens is 177 g/mol. The van der Waals surface area contributed by atoms with Crippen molar-refractivity contribution in [2.24, 2.45) is 0 Å². The lowest BCUT2D eigenvalue weighted by Crippen LogP contribution is -3.98. The van der Waals surface area contributed by atoms with Gasteiger partial charge in [0, 0.05) is 0 Å². The average Bonchev–Trinajstić information content (AvgIpc) is 0.811. The standard InChI is InChI=1S/HIO3/c2-1(3)4/h2H/i1+2. The predicted molar refractivity (Wildman–Crippen MR) is 2.22 cm³/mol. The first-order chi connectivity index (χ1) is 1.73. The van der Waals surface area contributed by atoms with Gasteiger partial charge in [0.05, 0.1) is 0 Å². The van der Waals surface area contributed by atoms with Crippen LogP contribution in [0.5, 0.6) is 0 Å². The van der Waals surface area contributed by atoms with Gasteiger partial charge in [0.25, 0.3) is 0 Å². The molecule has 0 rings (SSSR count). The zero-order valence-electron chi connectivity index (χ0n) is 1.64. The molecule has 0 radical (unpaired) electrons. The maximum Gasteiger partial charge on any atom is 0.503 e. The Balaban J connectivity index is 2.32. The molecule has 0 aliphatic rings. The minimum Gasteiger partial charge on any atom is -0.396 e. The van der Waals surface area contributed by atoms with E-state index in [0.717, 1.165) is 0 Å². The first kappa shape index (κ1) is 4.61. The smallest absolute Gasteiger partial charge is 0.396 e. The Hall–Kier alpha value is 0.610. The van der Waals surface area contributed by atoms with Gasteiger partial charge >= 0.3 is 21.1 Å².